The third kappa shape index (κ3) is 4.32. The summed E-state index contributed by atoms with van der Waals surface area (Å²) in [4.78, 5) is 13.0. The molecule has 3 N–H and O–H groups in total. The van der Waals surface area contributed by atoms with Crippen molar-refractivity contribution in [1.82, 2.24) is 23.8 Å². The summed E-state index contributed by atoms with van der Waals surface area (Å²) in [5.41, 5.74) is 1.21. The van der Waals surface area contributed by atoms with Crippen LogP contribution in [0.15, 0.2) is 6.33 Å². The number of ether oxygens (including phenoxy) is 2. The minimum absolute atomic E-state index is 0.0945. The number of anilines is 1. The van der Waals surface area contributed by atoms with Crippen molar-refractivity contribution in [3.05, 3.63) is 11.6 Å². The lowest BCUT2D eigenvalue weighted by Crippen LogP contribution is -2.48. The molecule has 0 saturated carbocycles. The fourth-order valence-electron chi connectivity index (χ4n) is 3.96. The summed E-state index contributed by atoms with van der Waals surface area (Å²) >= 11 is 6.12. The molecule has 0 spiro atoms. The number of nitrogens with one attached hydrogen (secondary N) is 1. The number of halogens is 1. The van der Waals surface area contributed by atoms with Crippen molar-refractivity contribution in [1.29, 1.82) is 0 Å². The number of nitrogens with zero attached hydrogens (tertiary/aromatic N) is 5. The van der Waals surface area contributed by atoms with E-state index in [9.17, 15) is 8.42 Å². The van der Waals surface area contributed by atoms with E-state index in [1.807, 2.05) is 11.5 Å². The van der Waals surface area contributed by atoms with Gasteiger partial charge in [0, 0.05) is 25.2 Å². The summed E-state index contributed by atoms with van der Waals surface area (Å²) in [6.45, 7) is 4.42. The summed E-state index contributed by atoms with van der Waals surface area (Å²) in [5.74, 6) is 0.472. The molecule has 2 aliphatic rings. The van der Waals surface area contributed by atoms with Crippen LogP contribution in [0.3, 0.4) is 0 Å². The molecular weight excluding hydrogens is 422 g/mol. The van der Waals surface area contributed by atoms with E-state index in [0.717, 1.165) is 0 Å². The molecule has 13 heteroatoms. The Labute approximate surface area is 173 Å². The van der Waals surface area contributed by atoms with Gasteiger partial charge in [0.05, 0.1) is 32.3 Å². The minimum atomic E-state index is -3.86. The van der Waals surface area contributed by atoms with E-state index in [4.69, 9.17) is 26.2 Å². The van der Waals surface area contributed by atoms with E-state index in [1.165, 1.54) is 4.31 Å². The molecule has 29 heavy (non-hydrogen) atoms. The first-order valence-corrected chi connectivity index (χ1v) is 11.4. The maximum atomic E-state index is 12.1. The highest BCUT2D eigenvalue weighted by Gasteiger charge is 2.41. The first-order chi connectivity index (χ1) is 13.9. The molecule has 0 radical (unpaired) electrons. The molecule has 0 amide bonds. The third-order valence-corrected chi connectivity index (χ3v) is 6.59. The van der Waals surface area contributed by atoms with Gasteiger partial charge in [0.25, 0.3) is 10.2 Å². The van der Waals surface area contributed by atoms with Gasteiger partial charge in [-0.25, -0.2) is 10.1 Å². The van der Waals surface area contributed by atoms with Crippen molar-refractivity contribution >= 4 is 38.8 Å². The first kappa shape index (κ1) is 20.7. The highest BCUT2D eigenvalue weighted by molar-refractivity contribution is 7.86. The second-order valence-corrected chi connectivity index (χ2v) is 8.95. The molecule has 0 bridgehead atoms. The normalized spacial score (nSPS) is 26.2. The number of hydrogen-bond acceptors (Lipinski definition) is 8. The van der Waals surface area contributed by atoms with Gasteiger partial charge >= 0.3 is 0 Å². The summed E-state index contributed by atoms with van der Waals surface area (Å²) in [6, 6.07) is -0.645. The zero-order chi connectivity index (χ0) is 20.6. The van der Waals surface area contributed by atoms with E-state index in [0.29, 0.717) is 62.7 Å². The van der Waals surface area contributed by atoms with Crippen LogP contribution in [0.2, 0.25) is 5.28 Å². The SMILES string of the molecule is CCn1cnc2c(NC3CCN(S(N)(=O)=O)C3C[C@@H]3COCCO3)nc(Cl)nc21. The molecular formula is C16H24ClN7O4S. The van der Waals surface area contributed by atoms with Crippen LogP contribution in [0.4, 0.5) is 5.82 Å². The highest BCUT2D eigenvalue weighted by atomic mass is 35.5. The Morgan fingerprint density at radius 2 is 2.21 bits per heavy atom. The fraction of sp³-hybridized carbons (Fsp3) is 0.688. The van der Waals surface area contributed by atoms with Gasteiger partial charge in [-0.15, -0.1) is 0 Å². The van der Waals surface area contributed by atoms with Crippen molar-refractivity contribution in [2.75, 3.05) is 31.7 Å². The van der Waals surface area contributed by atoms with E-state index in [1.54, 1.807) is 6.33 Å². The predicted molar refractivity (Wildman–Crippen MR) is 107 cm³/mol. The average molecular weight is 446 g/mol. The van der Waals surface area contributed by atoms with E-state index in [-0.39, 0.29) is 17.4 Å². The van der Waals surface area contributed by atoms with Crippen LogP contribution in [0, 0.1) is 0 Å². The molecule has 0 aromatic carbocycles. The number of nitrogens with two attached hydrogens (primary N) is 1. The predicted octanol–water partition coefficient (Wildman–Crippen LogP) is 0.363. The van der Waals surface area contributed by atoms with Crippen molar-refractivity contribution in [3.63, 3.8) is 0 Å². The van der Waals surface area contributed by atoms with Crippen LogP contribution < -0.4 is 10.5 Å². The second-order valence-electron chi connectivity index (χ2n) is 7.11. The van der Waals surface area contributed by atoms with Gasteiger partial charge in [-0.2, -0.15) is 22.7 Å². The van der Waals surface area contributed by atoms with Gasteiger partial charge in [-0.3, -0.25) is 0 Å². The zero-order valence-corrected chi connectivity index (χ0v) is 17.6. The number of imidazole rings is 1. The molecule has 2 aliphatic heterocycles. The van der Waals surface area contributed by atoms with Crippen molar-refractivity contribution in [3.8, 4) is 0 Å². The molecule has 4 rings (SSSR count). The number of aromatic nitrogens is 4. The molecule has 11 nitrogen and oxygen atoms in total. The lowest BCUT2D eigenvalue weighted by Gasteiger charge is -2.31. The monoisotopic (exact) mass is 445 g/mol. The molecule has 2 unspecified atom stereocenters. The molecule has 0 aliphatic carbocycles. The summed E-state index contributed by atoms with van der Waals surface area (Å²) < 4.78 is 38.6. The Morgan fingerprint density at radius 1 is 1.38 bits per heavy atom. The second kappa shape index (κ2) is 8.28. The maximum absolute atomic E-state index is 12.1. The first-order valence-electron chi connectivity index (χ1n) is 9.50. The van der Waals surface area contributed by atoms with Crippen LogP contribution in [0.5, 0.6) is 0 Å². The summed E-state index contributed by atoms with van der Waals surface area (Å²) in [7, 11) is -3.86. The lowest BCUT2D eigenvalue weighted by atomic mass is 10.0. The quantitative estimate of drug-likeness (QED) is 0.608. The maximum Gasteiger partial charge on any atom is 0.277 e. The molecule has 2 aromatic rings. The average Bonchev–Trinajstić information content (AvgIpc) is 3.26. The number of fused-ring (bicyclic) bond motifs is 1. The number of aryl methyl sites for hydroxylation is 1. The molecule has 160 valence electrons. The van der Waals surface area contributed by atoms with Gasteiger partial charge in [0.15, 0.2) is 17.0 Å². The summed E-state index contributed by atoms with van der Waals surface area (Å²) in [6.07, 6.45) is 2.50. The van der Waals surface area contributed by atoms with Crippen LogP contribution in [0.25, 0.3) is 11.2 Å². The van der Waals surface area contributed by atoms with Gasteiger partial charge < -0.3 is 19.4 Å². The number of hydrogen-bond donors (Lipinski definition) is 2. The smallest absolute Gasteiger partial charge is 0.277 e. The molecule has 2 fully saturated rings. The topological polar surface area (TPSA) is 137 Å². The Hall–Kier alpha value is -1.57. The van der Waals surface area contributed by atoms with Gasteiger partial charge in [-0.05, 0) is 31.4 Å². The summed E-state index contributed by atoms with van der Waals surface area (Å²) in [5, 5.41) is 8.89. The van der Waals surface area contributed by atoms with Gasteiger partial charge in [-0.1, -0.05) is 0 Å². The Balaban J connectivity index is 1.62. The van der Waals surface area contributed by atoms with Crippen LogP contribution in [-0.2, 0) is 26.2 Å². The largest absolute Gasteiger partial charge is 0.376 e. The Kier molecular flexibility index (Phi) is 5.91. The van der Waals surface area contributed by atoms with Crippen LogP contribution in [0.1, 0.15) is 19.8 Å². The number of rotatable bonds is 6. The van der Waals surface area contributed by atoms with Crippen LogP contribution >= 0.6 is 11.6 Å². The fourth-order valence-corrected chi connectivity index (χ4v) is 5.09. The Morgan fingerprint density at radius 3 is 2.90 bits per heavy atom. The standard InChI is InChI=1S/C16H24ClN7O4S/c1-2-23-9-19-13-14(21-16(17)22-15(13)23)20-11-3-4-24(29(18,25)26)12(11)7-10-8-27-5-6-28-10/h9-12H,2-8H2,1H3,(H2,18,25,26)(H,20,21,22)/t10-,11?,12?/m1/s1. The molecule has 2 aromatic heterocycles. The van der Waals surface area contributed by atoms with Crippen molar-refractivity contribution in [2.24, 2.45) is 5.14 Å². The van der Waals surface area contributed by atoms with Gasteiger partial charge in [0.2, 0.25) is 5.28 Å². The van der Waals surface area contributed by atoms with Gasteiger partial charge in [0.1, 0.15) is 0 Å². The molecule has 2 saturated heterocycles. The third-order valence-electron chi connectivity index (χ3n) is 5.31. The van der Waals surface area contributed by atoms with Crippen molar-refractivity contribution in [2.45, 2.75) is 44.5 Å². The minimum Gasteiger partial charge on any atom is -0.376 e. The lowest BCUT2D eigenvalue weighted by molar-refractivity contribution is -0.0950. The van der Waals surface area contributed by atoms with E-state index < -0.39 is 16.3 Å². The zero-order valence-electron chi connectivity index (χ0n) is 16.0. The molecule has 4 heterocycles. The van der Waals surface area contributed by atoms with Crippen LogP contribution in [-0.4, -0.2) is 76.8 Å². The molecule has 3 atom stereocenters. The highest BCUT2D eigenvalue weighted by Crippen LogP contribution is 2.30. The van der Waals surface area contributed by atoms with Crippen molar-refractivity contribution < 1.29 is 17.9 Å². The van der Waals surface area contributed by atoms with E-state index in [2.05, 4.69) is 20.3 Å². The van der Waals surface area contributed by atoms with E-state index >= 15 is 0 Å². The Bertz CT molecular complexity index is 979.